The maximum Gasteiger partial charge on any atom is 0.227 e. The summed E-state index contributed by atoms with van der Waals surface area (Å²) in [5, 5.41) is 4.65. The third-order valence-electron chi connectivity index (χ3n) is 10.5. The van der Waals surface area contributed by atoms with Crippen molar-refractivity contribution in [1.82, 2.24) is 24.5 Å². The first-order valence-electron chi connectivity index (χ1n) is 18.6. The molecule has 0 aliphatic carbocycles. The zero-order valence-corrected chi connectivity index (χ0v) is 30.0. The smallest absolute Gasteiger partial charge is 0.227 e. The van der Waals surface area contributed by atoms with E-state index in [4.69, 9.17) is 24.4 Å². The summed E-state index contributed by atoms with van der Waals surface area (Å²) < 4.78 is 8.98. The van der Waals surface area contributed by atoms with Gasteiger partial charge in [-0.25, -0.2) is 19.9 Å². The monoisotopic (exact) mass is 717 g/mol. The quantitative estimate of drug-likeness (QED) is 0.171. The molecule has 0 amide bonds. The lowest BCUT2D eigenvalue weighted by Crippen LogP contribution is -2.00. The second-order valence-electron chi connectivity index (χ2n) is 13.9. The number of fused-ring (bicyclic) bond motifs is 6. The summed E-state index contributed by atoms with van der Waals surface area (Å²) in [7, 11) is 0. The van der Waals surface area contributed by atoms with Crippen LogP contribution in [0.2, 0.25) is 0 Å². The second kappa shape index (κ2) is 13.0. The van der Waals surface area contributed by atoms with E-state index in [2.05, 4.69) is 102 Å². The second-order valence-corrected chi connectivity index (χ2v) is 13.9. The van der Waals surface area contributed by atoms with E-state index >= 15 is 0 Å². The number of hydrogen-bond donors (Lipinski definition) is 0. The van der Waals surface area contributed by atoms with Crippen LogP contribution in [0.1, 0.15) is 0 Å². The highest BCUT2D eigenvalue weighted by molar-refractivity contribution is 6.19. The maximum atomic E-state index is 6.65. The minimum absolute atomic E-state index is 0.605. The minimum Gasteiger partial charge on any atom is -0.434 e. The van der Waals surface area contributed by atoms with Gasteiger partial charge in [0.15, 0.2) is 23.1 Å². The first-order chi connectivity index (χ1) is 27.7. The van der Waals surface area contributed by atoms with Crippen LogP contribution >= 0.6 is 0 Å². The summed E-state index contributed by atoms with van der Waals surface area (Å²) >= 11 is 0. The van der Waals surface area contributed by atoms with Gasteiger partial charge in [0.2, 0.25) is 5.89 Å². The van der Waals surface area contributed by atoms with Crippen molar-refractivity contribution in [3.8, 4) is 62.4 Å². The van der Waals surface area contributed by atoms with Crippen LogP contribution in [0, 0.1) is 0 Å². The van der Waals surface area contributed by atoms with Gasteiger partial charge >= 0.3 is 0 Å². The predicted molar refractivity (Wildman–Crippen MR) is 226 cm³/mol. The summed E-state index contributed by atoms with van der Waals surface area (Å²) in [5.74, 6) is 2.51. The first kappa shape index (κ1) is 31.8. The van der Waals surface area contributed by atoms with Gasteiger partial charge < -0.3 is 8.98 Å². The number of oxazole rings is 1. The summed E-state index contributed by atoms with van der Waals surface area (Å²) in [4.78, 5) is 19.7. The van der Waals surface area contributed by atoms with Crippen molar-refractivity contribution in [1.29, 1.82) is 0 Å². The molecule has 0 spiro atoms. The first-order valence-corrected chi connectivity index (χ1v) is 18.6. The third-order valence-corrected chi connectivity index (χ3v) is 10.5. The highest BCUT2D eigenvalue weighted by Gasteiger charge is 2.21. The molecular formula is C50H31N5O. The molecule has 6 nitrogen and oxygen atoms in total. The number of hydrogen-bond acceptors (Lipinski definition) is 5. The molecule has 56 heavy (non-hydrogen) atoms. The van der Waals surface area contributed by atoms with Crippen molar-refractivity contribution >= 4 is 43.7 Å². The van der Waals surface area contributed by atoms with Crippen LogP contribution in [0.5, 0.6) is 0 Å². The molecule has 11 rings (SSSR count). The Kier molecular flexibility index (Phi) is 7.38. The number of benzene rings is 8. The Morgan fingerprint density at radius 2 is 0.911 bits per heavy atom. The lowest BCUT2D eigenvalue weighted by molar-refractivity contribution is 0.622. The fourth-order valence-corrected chi connectivity index (χ4v) is 7.71. The summed E-state index contributed by atoms with van der Waals surface area (Å²) in [6.07, 6.45) is 0. The van der Waals surface area contributed by atoms with Crippen LogP contribution in [-0.2, 0) is 0 Å². The largest absolute Gasteiger partial charge is 0.434 e. The molecule has 0 aliphatic rings. The Labute approximate surface area is 322 Å². The topological polar surface area (TPSA) is 69.6 Å². The van der Waals surface area contributed by atoms with Crippen molar-refractivity contribution in [2.75, 3.05) is 0 Å². The van der Waals surface area contributed by atoms with Gasteiger partial charge in [0, 0.05) is 38.7 Å². The molecule has 0 atom stereocenters. The molecule has 262 valence electrons. The average Bonchev–Trinajstić information content (AvgIpc) is 3.86. The summed E-state index contributed by atoms with van der Waals surface area (Å²) in [6, 6.07) is 64.7. The lowest BCUT2D eigenvalue weighted by Gasteiger charge is -2.12. The van der Waals surface area contributed by atoms with Crippen LogP contribution < -0.4 is 0 Å². The van der Waals surface area contributed by atoms with Crippen LogP contribution in [0.4, 0.5) is 0 Å². The number of aromatic nitrogens is 5. The van der Waals surface area contributed by atoms with E-state index in [1.54, 1.807) is 0 Å². The molecule has 0 radical (unpaired) electrons. The molecule has 8 aromatic carbocycles. The molecular weight excluding hydrogens is 687 g/mol. The van der Waals surface area contributed by atoms with Crippen molar-refractivity contribution in [3.63, 3.8) is 0 Å². The maximum absolute atomic E-state index is 6.65. The van der Waals surface area contributed by atoms with Gasteiger partial charge in [-0.1, -0.05) is 140 Å². The molecule has 11 aromatic rings. The van der Waals surface area contributed by atoms with Gasteiger partial charge in [-0.3, -0.25) is 0 Å². The van der Waals surface area contributed by atoms with Crippen molar-refractivity contribution in [2.24, 2.45) is 0 Å². The van der Waals surface area contributed by atoms with Crippen molar-refractivity contribution < 1.29 is 4.42 Å². The molecule has 3 aromatic heterocycles. The fourth-order valence-electron chi connectivity index (χ4n) is 7.71. The number of nitrogens with zero attached hydrogens (tertiary/aromatic N) is 5. The van der Waals surface area contributed by atoms with Crippen LogP contribution in [0.15, 0.2) is 192 Å². The van der Waals surface area contributed by atoms with Crippen LogP contribution in [0.25, 0.3) is 106 Å². The zero-order chi connectivity index (χ0) is 37.0. The van der Waals surface area contributed by atoms with Crippen LogP contribution in [0.3, 0.4) is 0 Å². The minimum atomic E-state index is 0.605. The van der Waals surface area contributed by atoms with E-state index in [9.17, 15) is 0 Å². The Bertz CT molecular complexity index is 3170. The van der Waals surface area contributed by atoms with E-state index in [1.807, 2.05) is 91.0 Å². The Balaban J connectivity index is 1.05. The molecule has 3 heterocycles. The summed E-state index contributed by atoms with van der Waals surface area (Å²) in [5.41, 5.74) is 10.6. The van der Waals surface area contributed by atoms with Crippen molar-refractivity contribution in [3.05, 3.63) is 188 Å². The van der Waals surface area contributed by atoms with Gasteiger partial charge in [-0.15, -0.1) is 0 Å². The van der Waals surface area contributed by atoms with Gasteiger partial charge in [-0.05, 0) is 70.4 Å². The van der Waals surface area contributed by atoms with Crippen LogP contribution in [-0.4, -0.2) is 24.5 Å². The lowest BCUT2D eigenvalue weighted by atomic mass is 10.0. The van der Waals surface area contributed by atoms with E-state index in [0.29, 0.717) is 23.4 Å². The molecule has 0 N–H and O–H groups in total. The zero-order valence-electron chi connectivity index (χ0n) is 30.0. The van der Waals surface area contributed by atoms with E-state index < -0.39 is 0 Å². The molecule has 0 unspecified atom stereocenters. The fraction of sp³-hybridized carbons (Fsp3) is 0. The predicted octanol–water partition coefficient (Wildman–Crippen LogP) is 12.6. The van der Waals surface area contributed by atoms with E-state index in [-0.39, 0.29) is 0 Å². The SMILES string of the molecule is c1ccc(-c2nc(-c3ccccc3)nc(-c3ccc(-c4cccc(-n5c6cc7ccccc7cc6c6ccc7nc(-c8ccccc8)oc7c65)c4)cc3)n2)cc1. The molecule has 0 fully saturated rings. The molecule has 0 aliphatic heterocycles. The molecule has 0 saturated carbocycles. The number of rotatable bonds is 6. The Hall–Kier alpha value is -7.70. The van der Waals surface area contributed by atoms with Gasteiger partial charge in [0.05, 0.1) is 11.0 Å². The van der Waals surface area contributed by atoms with E-state index in [0.717, 1.165) is 72.0 Å². The van der Waals surface area contributed by atoms with E-state index in [1.165, 1.54) is 10.8 Å². The van der Waals surface area contributed by atoms with Gasteiger partial charge in [0.1, 0.15) is 5.52 Å². The molecule has 6 heteroatoms. The standard InChI is InChI=1S/C50H31N5O/c1-4-13-33(14-5-1)47-52-48(34-15-6-2-7-16-34)54-49(53-47)35-25-23-32(24-26-35)37-21-12-22-40(29-37)55-44-31-39-20-11-10-19-38(39)30-42(44)41-27-28-43-46(45(41)55)56-50(51-43)36-17-8-3-9-18-36/h1-31H. The van der Waals surface area contributed by atoms with Crippen molar-refractivity contribution in [2.45, 2.75) is 0 Å². The highest BCUT2D eigenvalue weighted by Crippen LogP contribution is 2.40. The Morgan fingerprint density at radius 3 is 1.55 bits per heavy atom. The highest BCUT2D eigenvalue weighted by atomic mass is 16.3. The van der Waals surface area contributed by atoms with Gasteiger partial charge in [-0.2, -0.15) is 0 Å². The average molecular weight is 718 g/mol. The molecule has 0 bridgehead atoms. The molecule has 0 saturated heterocycles. The Morgan fingerprint density at radius 1 is 0.375 bits per heavy atom. The summed E-state index contributed by atoms with van der Waals surface area (Å²) in [6.45, 7) is 0. The normalized spacial score (nSPS) is 11.6. The van der Waals surface area contributed by atoms with Gasteiger partial charge in [0.25, 0.3) is 0 Å². The third kappa shape index (κ3) is 5.43.